The zero-order valence-electron chi connectivity index (χ0n) is 26.2. The molecule has 10 heteroatoms. The highest BCUT2D eigenvalue weighted by Gasteiger charge is 2.33. The molecule has 0 spiro atoms. The predicted molar refractivity (Wildman–Crippen MR) is 172 cm³/mol. The van der Waals surface area contributed by atoms with E-state index in [-0.39, 0.29) is 24.3 Å². The number of benzene rings is 3. The first-order valence-corrected chi connectivity index (χ1v) is 15.8. The van der Waals surface area contributed by atoms with Crippen molar-refractivity contribution in [2.24, 2.45) is 5.92 Å². The van der Waals surface area contributed by atoms with Gasteiger partial charge in [-0.2, -0.15) is 0 Å². The topological polar surface area (TPSA) is 124 Å². The molecule has 2 N–H and O–H groups in total. The van der Waals surface area contributed by atoms with Gasteiger partial charge in [0, 0.05) is 31.0 Å². The number of nitrogens with zero attached hydrogens (tertiary/aromatic N) is 3. The molecular formula is C35H41N5O5. The summed E-state index contributed by atoms with van der Waals surface area (Å²) in [6.45, 7) is 7.67. The Bertz CT molecular complexity index is 1660. The minimum Gasteiger partial charge on any atom is -0.432 e. The molecule has 1 aromatic heterocycles. The SMILES string of the molecule is CCCCNC(=O)c1cccc2c1-c1ccc(CCCC(=O)NCCC(C)C)cc1C2COC(=O)On1nnc2ccccc21. The Labute approximate surface area is 263 Å². The maximum Gasteiger partial charge on any atom is 0.535 e. The number of carbonyl (C=O) groups is 3. The van der Waals surface area contributed by atoms with Gasteiger partial charge in [-0.15, -0.1) is 5.10 Å². The van der Waals surface area contributed by atoms with Crippen molar-refractivity contribution in [3.05, 3.63) is 82.9 Å². The summed E-state index contributed by atoms with van der Waals surface area (Å²) in [5.41, 5.74) is 6.47. The molecule has 10 nitrogen and oxygen atoms in total. The minimum atomic E-state index is -0.909. The fourth-order valence-electron chi connectivity index (χ4n) is 5.66. The Morgan fingerprint density at radius 1 is 0.956 bits per heavy atom. The van der Waals surface area contributed by atoms with Crippen LogP contribution in [0.3, 0.4) is 0 Å². The Hall–Kier alpha value is -4.73. The Morgan fingerprint density at radius 2 is 1.80 bits per heavy atom. The number of amides is 2. The van der Waals surface area contributed by atoms with E-state index < -0.39 is 6.16 Å². The average Bonchev–Trinajstić information content (AvgIpc) is 3.58. The number of fused-ring (bicyclic) bond motifs is 4. The van der Waals surface area contributed by atoms with Crippen LogP contribution in [-0.2, 0) is 16.0 Å². The number of ether oxygens (including phenoxy) is 1. The molecular weight excluding hydrogens is 570 g/mol. The molecule has 1 heterocycles. The van der Waals surface area contributed by atoms with Crippen molar-refractivity contribution in [3.8, 4) is 11.1 Å². The van der Waals surface area contributed by atoms with Crippen molar-refractivity contribution in [3.63, 3.8) is 0 Å². The highest BCUT2D eigenvalue weighted by atomic mass is 16.8. The summed E-state index contributed by atoms with van der Waals surface area (Å²) >= 11 is 0. The summed E-state index contributed by atoms with van der Waals surface area (Å²) in [4.78, 5) is 44.8. The van der Waals surface area contributed by atoms with Gasteiger partial charge in [-0.05, 0) is 82.8 Å². The zero-order chi connectivity index (χ0) is 31.8. The van der Waals surface area contributed by atoms with Gasteiger partial charge in [-0.1, -0.05) is 74.5 Å². The lowest BCUT2D eigenvalue weighted by Crippen LogP contribution is -2.25. The number of hydrogen-bond donors (Lipinski definition) is 2. The number of nitrogens with one attached hydrogen (secondary N) is 2. The maximum absolute atomic E-state index is 13.3. The molecule has 0 aliphatic heterocycles. The second-order valence-corrected chi connectivity index (χ2v) is 11.8. The van der Waals surface area contributed by atoms with Crippen molar-refractivity contribution < 1.29 is 24.0 Å². The lowest BCUT2D eigenvalue weighted by molar-refractivity contribution is -0.121. The Balaban J connectivity index is 1.34. The fraction of sp³-hybridized carbons (Fsp3) is 0.400. The van der Waals surface area contributed by atoms with E-state index in [1.54, 1.807) is 18.2 Å². The van der Waals surface area contributed by atoms with Gasteiger partial charge in [0.1, 0.15) is 17.6 Å². The molecule has 0 bridgehead atoms. The highest BCUT2D eigenvalue weighted by Crippen LogP contribution is 2.47. The van der Waals surface area contributed by atoms with Crippen molar-refractivity contribution in [2.75, 3.05) is 19.7 Å². The van der Waals surface area contributed by atoms with Gasteiger partial charge in [0.25, 0.3) is 5.91 Å². The van der Waals surface area contributed by atoms with Gasteiger partial charge in [-0.25, -0.2) is 4.79 Å². The standard InChI is InChI=1S/C35H41N5O5/c1-4-5-19-37-34(42)27-12-9-11-25-29(22-44-35(43)45-40-31-14-7-6-13-30(31)38-39-40)28-21-24(16-17-26(28)33(25)27)10-8-15-32(41)36-20-18-23(2)3/h6-7,9,11-14,16-17,21,23,29H,4-5,8,10,15,18-20,22H2,1-3H3,(H,36,41)(H,37,42). The number of aromatic nitrogens is 3. The van der Waals surface area contributed by atoms with Crippen LogP contribution in [0.1, 0.15) is 85.8 Å². The number of aryl methyl sites for hydroxylation is 1. The third-order valence-corrected chi connectivity index (χ3v) is 8.06. The van der Waals surface area contributed by atoms with Crippen LogP contribution in [0.15, 0.2) is 60.7 Å². The molecule has 1 aliphatic carbocycles. The van der Waals surface area contributed by atoms with Crippen LogP contribution in [0, 0.1) is 5.92 Å². The average molecular weight is 612 g/mol. The first kappa shape index (κ1) is 31.7. The first-order chi connectivity index (χ1) is 21.9. The molecule has 4 aromatic rings. The fourth-order valence-corrected chi connectivity index (χ4v) is 5.66. The summed E-state index contributed by atoms with van der Waals surface area (Å²) in [5, 5.41) is 13.9. The number of unbranched alkanes of at least 4 members (excludes halogenated alkanes) is 1. The lowest BCUT2D eigenvalue weighted by atomic mass is 9.95. The van der Waals surface area contributed by atoms with Crippen molar-refractivity contribution in [1.29, 1.82) is 0 Å². The van der Waals surface area contributed by atoms with Crippen LogP contribution in [0.25, 0.3) is 22.2 Å². The Kier molecular flexibility index (Phi) is 10.4. The number of para-hydroxylation sites is 1. The zero-order valence-corrected chi connectivity index (χ0v) is 26.2. The molecule has 236 valence electrons. The van der Waals surface area contributed by atoms with Crippen LogP contribution in [0.2, 0.25) is 0 Å². The van der Waals surface area contributed by atoms with Gasteiger partial charge in [-0.3, -0.25) is 14.4 Å². The molecule has 0 fully saturated rings. The van der Waals surface area contributed by atoms with Gasteiger partial charge in [0.15, 0.2) is 0 Å². The summed E-state index contributed by atoms with van der Waals surface area (Å²) < 4.78 is 5.65. The molecule has 45 heavy (non-hydrogen) atoms. The van der Waals surface area contributed by atoms with Crippen LogP contribution in [0.4, 0.5) is 4.79 Å². The highest BCUT2D eigenvalue weighted by molar-refractivity contribution is 6.03. The normalized spacial score (nSPS) is 13.4. The van der Waals surface area contributed by atoms with E-state index >= 15 is 0 Å². The summed E-state index contributed by atoms with van der Waals surface area (Å²) in [6, 6.07) is 19.0. The van der Waals surface area contributed by atoms with E-state index in [1.165, 1.54) is 0 Å². The summed E-state index contributed by atoms with van der Waals surface area (Å²) in [5.74, 6) is 0.174. The van der Waals surface area contributed by atoms with Crippen molar-refractivity contribution >= 4 is 29.0 Å². The van der Waals surface area contributed by atoms with Crippen molar-refractivity contribution in [2.45, 2.75) is 65.2 Å². The molecule has 0 radical (unpaired) electrons. The van der Waals surface area contributed by atoms with Gasteiger partial charge >= 0.3 is 6.16 Å². The molecule has 2 amide bonds. The van der Waals surface area contributed by atoms with Gasteiger partial charge < -0.3 is 15.4 Å². The first-order valence-electron chi connectivity index (χ1n) is 15.8. The number of rotatable bonds is 14. The van der Waals surface area contributed by atoms with Gasteiger partial charge in [0.2, 0.25) is 5.91 Å². The molecule has 3 aromatic carbocycles. The van der Waals surface area contributed by atoms with E-state index in [0.717, 1.165) is 58.3 Å². The third kappa shape index (κ3) is 7.68. The Morgan fingerprint density at radius 3 is 2.62 bits per heavy atom. The third-order valence-electron chi connectivity index (χ3n) is 8.06. The van der Waals surface area contributed by atoms with E-state index in [9.17, 15) is 14.4 Å². The van der Waals surface area contributed by atoms with Crippen LogP contribution in [-0.4, -0.2) is 52.8 Å². The number of hydrogen-bond acceptors (Lipinski definition) is 7. The minimum absolute atomic E-state index is 0.00802. The molecule has 0 saturated carbocycles. The van der Waals surface area contributed by atoms with Crippen LogP contribution >= 0.6 is 0 Å². The molecule has 5 rings (SSSR count). The van der Waals surface area contributed by atoms with Gasteiger partial charge in [0.05, 0.1) is 0 Å². The second-order valence-electron chi connectivity index (χ2n) is 11.8. The molecule has 1 aliphatic rings. The monoisotopic (exact) mass is 611 g/mol. The smallest absolute Gasteiger partial charge is 0.432 e. The molecule has 0 saturated heterocycles. The molecule has 1 atom stereocenters. The summed E-state index contributed by atoms with van der Waals surface area (Å²) in [7, 11) is 0. The summed E-state index contributed by atoms with van der Waals surface area (Å²) in [6.07, 6.45) is 3.82. The van der Waals surface area contributed by atoms with E-state index in [0.29, 0.717) is 48.4 Å². The van der Waals surface area contributed by atoms with E-state index in [4.69, 9.17) is 9.57 Å². The van der Waals surface area contributed by atoms with Crippen LogP contribution in [0.5, 0.6) is 0 Å². The lowest BCUT2D eigenvalue weighted by Gasteiger charge is -2.15. The quantitative estimate of drug-likeness (QED) is 0.105. The largest absolute Gasteiger partial charge is 0.535 e. The predicted octanol–water partition coefficient (Wildman–Crippen LogP) is 5.82. The maximum atomic E-state index is 13.3. The number of carbonyl (C=O) groups excluding carboxylic acids is 3. The second kappa shape index (κ2) is 14.8. The van der Waals surface area contributed by atoms with Crippen LogP contribution < -0.4 is 15.5 Å². The van der Waals surface area contributed by atoms with E-state index in [2.05, 4.69) is 53.8 Å². The van der Waals surface area contributed by atoms with Crippen molar-refractivity contribution in [1.82, 2.24) is 25.8 Å². The van der Waals surface area contributed by atoms with E-state index in [1.807, 2.05) is 30.3 Å². The molecule has 1 unspecified atom stereocenters.